The zero-order chi connectivity index (χ0) is 13.1. The van der Waals surface area contributed by atoms with Crippen LogP contribution in [-0.4, -0.2) is 0 Å². The third-order valence-corrected chi connectivity index (χ3v) is 2.81. The van der Waals surface area contributed by atoms with Gasteiger partial charge in [0, 0.05) is 11.6 Å². The van der Waals surface area contributed by atoms with E-state index in [1.54, 1.807) is 0 Å². The molecule has 0 aliphatic rings. The fourth-order valence-corrected chi connectivity index (χ4v) is 1.94. The number of hydrogen-bond donors (Lipinski definition) is 0. The molecule has 0 aliphatic heterocycles. The average molecular weight is 246 g/mol. The van der Waals surface area contributed by atoms with E-state index in [0.29, 0.717) is 5.76 Å². The summed E-state index contributed by atoms with van der Waals surface area (Å²) >= 11 is 0. The van der Waals surface area contributed by atoms with Crippen LogP contribution < -0.4 is 5.63 Å². The van der Waals surface area contributed by atoms with Crippen LogP contribution in [0, 0.1) is 12.1 Å². The van der Waals surface area contributed by atoms with Crippen LogP contribution in [-0.2, 0) is 0 Å². The van der Waals surface area contributed by atoms with Crippen molar-refractivity contribution in [2.24, 2.45) is 0 Å². The molecule has 3 rings (SSSR count). The van der Waals surface area contributed by atoms with Gasteiger partial charge in [0.15, 0.2) is 5.76 Å². The van der Waals surface area contributed by atoms with Crippen LogP contribution >= 0.6 is 0 Å². The molecular weight excluding hydrogens is 236 g/mol. The molecule has 0 spiro atoms. The maximum Gasteiger partial charge on any atom is 0.390 e. The van der Waals surface area contributed by atoms with Crippen molar-refractivity contribution in [1.82, 2.24) is 0 Å². The van der Waals surface area contributed by atoms with E-state index in [-0.39, 0.29) is 0 Å². The van der Waals surface area contributed by atoms with Crippen LogP contribution in [0.1, 0.15) is 0 Å². The standard InChI is InChI=1S/C17H10O2/c18-16-12-11-15(13-7-3-1-4-8-13)17(19-16)14-9-5-2-6-10-14/h1-10H. The number of benzene rings is 2. The second-order valence-electron chi connectivity index (χ2n) is 4.08. The van der Waals surface area contributed by atoms with Gasteiger partial charge in [-0.3, -0.25) is 0 Å². The van der Waals surface area contributed by atoms with Gasteiger partial charge < -0.3 is 4.42 Å². The van der Waals surface area contributed by atoms with Crippen molar-refractivity contribution in [3.63, 3.8) is 0 Å². The van der Waals surface area contributed by atoms with Gasteiger partial charge in [-0.1, -0.05) is 66.7 Å². The molecule has 90 valence electrons. The van der Waals surface area contributed by atoms with Crippen molar-refractivity contribution < 1.29 is 4.42 Å². The summed E-state index contributed by atoms with van der Waals surface area (Å²) in [6.45, 7) is 0. The minimum absolute atomic E-state index is 0.515. The molecule has 19 heavy (non-hydrogen) atoms. The first-order valence-corrected chi connectivity index (χ1v) is 5.93. The molecule has 1 aromatic heterocycles. The lowest BCUT2D eigenvalue weighted by atomic mass is 10.0. The van der Waals surface area contributed by atoms with E-state index in [1.807, 2.05) is 60.7 Å². The van der Waals surface area contributed by atoms with Gasteiger partial charge in [0.25, 0.3) is 0 Å². The highest BCUT2D eigenvalue weighted by molar-refractivity contribution is 5.77. The maximum atomic E-state index is 11.4. The molecule has 3 aromatic rings. The molecular formula is C17H10O2. The fourth-order valence-electron chi connectivity index (χ4n) is 1.94. The Morgan fingerprint density at radius 2 is 1.32 bits per heavy atom. The Morgan fingerprint density at radius 3 is 1.95 bits per heavy atom. The van der Waals surface area contributed by atoms with Crippen LogP contribution in [0.5, 0.6) is 0 Å². The highest BCUT2D eigenvalue weighted by Crippen LogP contribution is 2.28. The second-order valence-corrected chi connectivity index (χ2v) is 4.08. The first kappa shape index (κ1) is 11.3. The van der Waals surface area contributed by atoms with Gasteiger partial charge in [-0.15, -0.1) is 0 Å². The molecule has 0 saturated heterocycles. The van der Waals surface area contributed by atoms with Gasteiger partial charge in [0.05, 0.1) is 5.56 Å². The molecule has 0 amide bonds. The molecule has 0 aliphatic carbocycles. The SMILES string of the molecule is O=c1c#cc(-c2ccccc2)c(-c2ccccc2)o1. The van der Waals surface area contributed by atoms with Crippen molar-refractivity contribution in [1.29, 1.82) is 0 Å². The molecule has 2 nitrogen and oxygen atoms in total. The van der Waals surface area contributed by atoms with E-state index in [9.17, 15) is 4.79 Å². The number of hydrogen-bond acceptors (Lipinski definition) is 2. The molecule has 2 aromatic carbocycles. The molecule has 0 saturated carbocycles. The maximum absolute atomic E-state index is 11.4. The first-order chi connectivity index (χ1) is 9.34. The van der Waals surface area contributed by atoms with Crippen molar-refractivity contribution >= 4 is 0 Å². The molecule has 1 heterocycles. The minimum atomic E-state index is -0.515. The third-order valence-electron chi connectivity index (χ3n) is 2.81. The average Bonchev–Trinajstić information content (AvgIpc) is 2.49. The summed E-state index contributed by atoms with van der Waals surface area (Å²) in [5.74, 6) is 0.524. The predicted octanol–water partition coefficient (Wildman–Crippen LogP) is 3.57. The summed E-state index contributed by atoms with van der Waals surface area (Å²) in [4.78, 5) is 11.4. The predicted molar refractivity (Wildman–Crippen MR) is 73.5 cm³/mol. The van der Waals surface area contributed by atoms with Crippen LogP contribution in [0.2, 0.25) is 0 Å². The fraction of sp³-hybridized carbons (Fsp3) is 0. The normalized spacial score (nSPS) is 9.89. The van der Waals surface area contributed by atoms with Gasteiger partial charge >= 0.3 is 5.63 Å². The minimum Gasteiger partial charge on any atom is -0.415 e. The zero-order valence-corrected chi connectivity index (χ0v) is 10.1. The summed E-state index contributed by atoms with van der Waals surface area (Å²) in [5.41, 5.74) is 2.02. The highest BCUT2D eigenvalue weighted by atomic mass is 16.4. The zero-order valence-electron chi connectivity index (χ0n) is 10.1. The monoisotopic (exact) mass is 246 g/mol. The van der Waals surface area contributed by atoms with Gasteiger partial charge in [0.2, 0.25) is 0 Å². The van der Waals surface area contributed by atoms with Crippen molar-refractivity contribution in [2.45, 2.75) is 0 Å². The number of rotatable bonds is 2. The van der Waals surface area contributed by atoms with Crippen molar-refractivity contribution in [3.8, 4) is 22.5 Å². The van der Waals surface area contributed by atoms with Gasteiger partial charge in [-0.2, -0.15) is 0 Å². The Labute approximate surface area is 111 Å². The van der Waals surface area contributed by atoms with Crippen LogP contribution in [0.4, 0.5) is 0 Å². The Kier molecular flexibility index (Phi) is 2.88. The molecule has 0 N–H and O–H groups in total. The molecule has 0 bridgehead atoms. The molecule has 0 unspecified atom stereocenters. The lowest BCUT2D eigenvalue weighted by molar-refractivity contribution is 0.529. The quantitative estimate of drug-likeness (QED) is 0.692. The van der Waals surface area contributed by atoms with Crippen LogP contribution in [0.15, 0.2) is 69.9 Å². The summed E-state index contributed by atoms with van der Waals surface area (Å²) in [5, 5.41) is 0. The van der Waals surface area contributed by atoms with Crippen molar-refractivity contribution in [3.05, 3.63) is 83.2 Å². The summed E-state index contributed by atoms with van der Waals surface area (Å²) in [6.07, 6.45) is 0. The molecule has 0 atom stereocenters. The molecule has 0 radical (unpaired) electrons. The summed E-state index contributed by atoms with van der Waals surface area (Å²) in [7, 11) is 0. The first-order valence-electron chi connectivity index (χ1n) is 5.93. The molecule has 2 heteroatoms. The Balaban J connectivity index is 2.24. The van der Waals surface area contributed by atoms with E-state index in [2.05, 4.69) is 12.1 Å². The second kappa shape index (κ2) is 4.83. The van der Waals surface area contributed by atoms with Crippen molar-refractivity contribution in [2.75, 3.05) is 0 Å². The largest absolute Gasteiger partial charge is 0.415 e. The molecule has 0 fully saturated rings. The van der Waals surface area contributed by atoms with E-state index >= 15 is 0 Å². The topological polar surface area (TPSA) is 30.2 Å². The lowest BCUT2D eigenvalue weighted by Crippen LogP contribution is -1.96. The Bertz CT molecular complexity index is 728. The van der Waals surface area contributed by atoms with Crippen LogP contribution in [0.3, 0.4) is 0 Å². The van der Waals surface area contributed by atoms with Crippen LogP contribution in [0.25, 0.3) is 22.5 Å². The summed E-state index contributed by atoms with van der Waals surface area (Å²) < 4.78 is 5.31. The Hall–Kier alpha value is -2.79. The van der Waals surface area contributed by atoms with E-state index in [4.69, 9.17) is 4.42 Å². The van der Waals surface area contributed by atoms with Gasteiger partial charge in [-0.25, -0.2) is 4.79 Å². The van der Waals surface area contributed by atoms with Gasteiger partial charge in [0.1, 0.15) is 0 Å². The van der Waals surface area contributed by atoms with E-state index in [0.717, 1.165) is 16.7 Å². The van der Waals surface area contributed by atoms with Gasteiger partial charge in [-0.05, 0) is 5.56 Å². The lowest BCUT2D eigenvalue weighted by Gasteiger charge is -2.04. The smallest absolute Gasteiger partial charge is 0.390 e. The third kappa shape index (κ3) is 2.27. The summed E-state index contributed by atoms with van der Waals surface area (Å²) in [6, 6.07) is 24.6. The highest BCUT2D eigenvalue weighted by Gasteiger charge is 2.09. The van der Waals surface area contributed by atoms with E-state index < -0.39 is 5.63 Å². The van der Waals surface area contributed by atoms with E-state index in [1.165, 1.54) is 0 Å². The Morgan fingerprint density at radius 1 is 0.737 bits per heavy atom.